The van der Waals surface area contributed by atoms with Gasteiger partial charge in [0.15, 0.2) is 0 Å². The maximum Gasteiger partial charge on any atom is 0.271 e. The number of sulfonamides is 1. The fourth-order valence-corrected chi connectivity index (χ4v) is 5.15. The Morgan fingerprint density at radius 1 is 1.02 bits per heavy atom. The predicted molar refractivity (Wildman–Crippen MR) is 156 cm³/mol. The van der Waals surface area contributed by atoms with Gasteiger partial charge >= 0.3 is 0 Å². The second kappa shape index (κ2) is 13.9. The number of ether oxygens (including phenoxy) is 1. The van der Waals surface area contributed by atoms with Crippen molar-refractivity contribution in [2.45, 2.75) is 38.9 Å². The standard InChI is InChI=1S/C29H33FN4O7S/c1-20(2)31-29(36)26(16-21-8-6-5-7-9-21)32(18-22-10-12-23(30)13-11-22)28(35)19-33(42(4,39)40)25-17-24(34(37)38)14-15-27(25)41-3/h5-15,17,20,26H,16,18-19H2,1-4H3,(H,31,36)/t26-/m1/s1. The summed E-state index contributed by atoms with van der Waals surface area (Å²) < 4.78 is 45.6. The van der Waals surface area contributed by atoms with Crippen LogP contribution in [0.25, 0.3) is 0 Å². The van der Waals surface area contributed by atoms with Crippen LogP contribution < -0.4 is 14.4 Å². The minimum atomic E-state index is -4.19. The van der Waals surface area contributed by atoms with Gasteiger partial charge in [-0.25, -0.2) is 12.8 Å². The lowest BCUT2D eigenvalue weighted by atomic mass is 10.0. The number of nitro groups is 1. The van der Waals surface area contributed by atoms with E-state index in [2.05, 4.69) is 5.32 Å². The molecule has 3 aromatic carbocycles. The number of anilines is 1. The van der Waals surface area contributed by atoms with Crippen molar-refractivity contribution in [3.63, 3.8) is 0 Å². The quantitative estimate of drug-likeness (QED) is 0.233. The first kappa shape index (κ1) is 32.0. The van der Waals surface area contributed by atoms with Gasteiger partial charge < -0.3 is 15.0 Å². The van der Waals surface area contributed by atoms with E-state index in [0.717, 1.165) is 24.0 Å². The smallest absolute Gasteiger partial charge is 0.271 e. The van der Waals surface area contributed by atoms with Crippen LogP contribution >= 0.6 is 0 Å². The van der Waals surface area contributed by atoms with E-state index in [1.807, 2.05) is 6.07 Å². The van der Waals surface area contributed by atoms with Gasteiger partial charge in [0, 0.05) is 31.1 Å². The molecule has 0 saturated carbocycles. The molecule has 1 N–H and O–H groups in total. The van der Waals surface area contributed by atoms with E-state index in [4.69, 9.17) is 4.74 Å². The van der Waals surface area contributed by atoms with Crippen molar-refractivity contribution in [2.75, 3.05) is 24.2 Å². The molecule has 224 valence electrons. The number of halogens is 1. The number of benzene rings is 3. The monoisotopic (exact) mass is 600 g/mol. The highest BCUT2D eigenvalue weighted by molar-refractivity contribution is 7.92. The zero-order valence-corrected chi connectivity index (χ0v) is 24.5. The molecule has 0 aliphatic rings. The predicted octanol–water partition coefficient (Wildman–Crippen LogP) is 3.67. The van der Waals surface area contributed by atoms with Crippen molar-refractivity contribution in [1.29, 1.82) is 0 Å². The molecule has 0 heterocycles. The fourth-order valence-electron chi connectivity index (χ4n) is 4.30. The van der Waals surface area contributed by atoms with Crippen LogP contribution in [0.15, 0.2) is 72.8 Å². The first-order valence-electron chi connectivity index (χ1n) is 13.0. The zero-order valence-electron chi connectivity index (χ0n) is 23.7. The van der Waals surface area contributed by atoms with Gasteiger partial charge in [-0.05, 0) is 43.2 Å². The van der Waals surface area contributed by atoms with E-state index in [1.54, 1.807) is 38.1 Å². The molecule has 0 saturated heterocycles. The van der Waals surface area contributed by atoms with Gasteiger partial charge in [0.05, 0.1) is 18.3 Å². The number of rotatable bonds is 13. The number of non-ortho nitro benzene ring substituents is 1. The van der Waals surface area contributed by atoms with Crippen molar-refractivity contribution >= 4 is 33.2 Å². The van der Waals surface area contributed by atoms with E-state index >= 15 is 0 Å². The molecule has 13 heteroatoms. The minimum Gasteiger partial charge on any atom is -0.495 e. The van der Waals surface area contributed by atoms with Crippen LogP contribution in [0.2, 0.25) is 0 Å². The summed E-state index contributed by atoms with van der Waals surface area (Å²) in [7, 11) is -2.93. The number of amides is 2. The summed E-state index contributed by atoms with van der Waals surface area (Å²) in [5.41, 5.74) is 0.626. The molecule has 3 rings (SSSR count). The third-order valence-electron chi connectivity index (χ3n) is 6.29. The van der Waals surface area contributed by atoms with Crippen LogP contribution in [-0.4, -0.2) is 62.0 Å². The Morgan fingerprint density at radius 2 is 1.67 bits per heavy atom. The lowest BCUT2D eigenvalue weighted by Crippen LogP contribution is -2.54. The SMILES string of the molecule is COc1ccc([N+](=O)[O-])cc1N(CC(=O)N(Cc1ccc(F)cc1)[C@H](Cc1ccccc1)C(=O)NC(C)C)S(C)(=O)=O. The average Bonchev–Trinajstić information content (AvgIpc) is 2.93. The van der Waals surface area contributed by atoms with Crippen LogP contribution in [0.4, 0.5) is 15.8 Å². The van der Waals surface area contributed by atoms with E-state index in [9.17, 15) is 32.5 Å². The molecule has 0 aromatic heterocycles. The van der Waals surface area contributed by atoms with Crippen molar-refractivity contribution in [1.82, 2.24) is 10.2 Å². The van der Waals surface area contributed by atoms with Crippen molar-refractivity contribution in [3.05, 3.63) is 99.9 Å². The highest BCUT2D eigenvalue weighted by atomic mass is 32.2. The van der Waals surface area contributed by atoms with Crippen molar-refractivity contribution < 1.29 is 32.1 Å². The molecule has 42 heavy (non-hydrogen) atoms. The molecule has 0 aliphatic heterocycles. The molecule has 0 spiro atoms. The van der Waals surface area contributed by atoms with Gasteiger partial charge in [0.2, 0.25) is 21.8 Å². The second-order valence-electron chi connectivity index (χ2n) is 9.90. The van der Waals surface area contributed by atoms with Gasteiger partial charge in [-0.1, -0.05) is 42.5 Å². The Hall–Kier alpha value is -4.52. The molecule has 0 radical (unpaired) electrons. The third-order valence-corrected chi connectivity index (χ3v) is 7.42. The Labute approximate surface area is 244 Å². The Bertz CT molecular complexity index is 1520. The highest BCUT2D eigenvalue weighted by Crippen LogP contribution is 2.34. The van der Waals surface area contributed by atoms with E-state index in [-0.39, 0.29) is 30.4 Å². The minimum absolute atomic E-state index is 0.0118. The number of hydrogen-bond donors (Lipinski definition) is 1. The van der Waals surface area contributed by atoms with Crippen molar-refractivity contribution in [3.8, 4) is 5.75 Å². The van der Waals surface area contributed by atoms with E-state index in [0.29, 0.717) is 9.87 Å². The molecule has 11 nitrogen and oxygen atoms in total. The largest absolute Gasteiger partial charge is 0.495 e. The molecule has 1 atom stereocenters. The lowest BCUT2D eigenvalue weighted by molar-refractivity contribution is -0.384. The molecular weight excluding hydrogens is 567 g/mol. The van der Waals surface area contributed by atoms with Crippen LogP contribution in [0, 0.1) is 15.9 Å². The third kappa shape index (κ3) is 8.49. The Morgan fingerprint density at radius 3 is 2.21 bits per heavy atom. The first-order valence-corrected chi connectivity index (χ1v) is 14.8. The molecule has 3 aromatic rings. The topological polar surface area (TPSA) is 139 Å². The lowest BCUT2D eigenvalue weighted by Gasteiger charge is -2.34. The maximum absolute atomic E-state index is 14.1. The second-order valence-corrected chi connectivity index (χ2v) is 11.8. The summed E-state index contributed by atoms with van der Waals surface area (Å²) >= 11 is 0. The molecule has 0 aliphatic carbocycles. The summed E-state index contributed by atoms with van der Waals surface area (Å²) in [6.45, 7) is 2.59. The van der Waals surface area contributed by atoms with Crippen LogP contribution in [-0.2, 0) is 32.6 Å². The van der Waals surface area contributed by atoms with Crippen LogP contribution in [0.1, 0.15) is 25.0 Å². The summed E-state index contributed by atoms with van der Waals surface area (Å²) in [4.78, 5) is 39.6. The number of methoxy groups -OCH3 is 1. The number of nitro benzene ring substituents is 1. The Kier molecular flexibility index (Phi) is 10.6. The summed E-state index contributed by atoms with van der Waals surface area (Å²) in [5.74, 6) is -1.74. The fraction of sp³-hybridized carbons (Fsp3) is 0.310. The molecular formula is C29H33FN4O7S. The van der Waals surface area contributed by atoms with E-state index in [1.165, 1.54) is 42.3 Å². The summed E-state index contributed by atoms with van der Waals surface area (Å²) in [6.07, 6.45) is 0.959. The highest BCUT2D eigenvalue weighted by Gasteiger charge is 2.34. The molecule has 0 unspecified atom stereocenters. The number of hydrogen-bond acceptors (Lipinski definition) is 7. The molecule has 0 bridgehead atoms. The zero-order chi connectivity index (χ0) is 31.0. The number of carbonyl (C=O) groups excluding carboxylic acids is 2. The summed E-state index contributed by atoms with van der Waals surface area (Å²) in [5, 5.41) is 14.3. The normalized spacial score (nSPS) is 12.0. The van der Waals surface area contributed by atoms with Gasteiger partial charge in [-0.15, -0.1) is 0 Å². The summed E-state index contributed by atoms with van der Waals surface area (Å²) in [6, 6.07) is 16.4. The molecule has 2 amide bonds. The van der Waals surface area contributed by atoms with Crippen molar-refractivity contribution in [2.24, 2.45) is 0 Å². The van der Waals surface area contributed by atoms with Gasteiger partial charge in [0.25, 0.3) is 5.69 Å². The van der Waals surface area contributed by atoms with Gasteiger partial charge in [-0.2, -0.15) is 0 Å². The molecule has 0 fully saturated rings. The number of nitrogens with zero attached hydrogens (tertiary/aromatic N) is 3. The van der Waals surface area contributed by atoms with Gasteiger partial charge in [-0.3, -0.25) is 24.0 Å². The van der Waals surface area contributed by atoms with Crippen LogP contribution in [0.5, 0.6) is 5.75 Å². The van der Waals surface area contributed by atoms with Crippen LogP contribution in [0.3, 0.4) is 0 Å². The number of carbonyl (C=O) groups is 2. The first-order chi connectivity index (χ1) is 19.8. The Balaban J connectivity index is 2.12. The maximum atomic E-state index is 14.1. The van der Waals surface area contributed by atoms with E-state index < -0.39 is 50.9 Å². The number of nitrogens with one attached hydrogen (secondary N) is 1. The van der Waals surface area contributed by atoms with Gasteiger partial charge in [0.1, 0.15) is 29.8 Å². The average molecular weight is 601 g/mol.